The lowest BCUT2D eigenvalue weighted by molar-refractivity contribution is 0.0589. The smallest absolute Gasteiger partial charge is 0.414 e. The Bertz CT molecular complexity index is 435. The number of anilines is 1. The highest BCUT2D eigenvalue weighted by molar-refractivity contribution is 5.87. The summed E-state index contributed by atoms with van der Waals surface area (Å²) in [7, 11) is 3.29. The number of aryl methyl sites for hydroxylation is 1. The van der Waals surface area contributed by atoms with Crippen molar-refractivity contribution in [1.29, 1.82) is 0 Å². The number of hydrogen-bond acceptors (Lipinski definition) is 3. The number of amides is 1. The fraction of sp³-hybridized carbons (Fsp3) is 0.500. The zero-order valence-corrected chi connectivity index (χ0v) is 11.9. The molecule has 4 heteroatoms. The average molecular weight is 251 g/mol. The first-order valence-corrected chi connectivity index (χ1v) is 5.85. The van der Waals surface area contributed by atoms with E-state index in [4.69, 9.17) is 9.47 Å². The SMILES string of the molecule is COc1cc(C)cc(N(C)C(=O)OC(C)(C)C)c1. The number of carbonyl (C=O) groups excluding carboxylic acids is 1. The van der Waals surface area contributed by atoms with Crippen LogP contribution < -0.4 is 9.64 Å². The van der Waals surface area contributed by atoms with Gasteiger partial charge in [-0.05, 0) is 45.4 Å². The van der Waals surface area contributed by atoms with Gasteiger partial charge in [0.2, 0.25) is 0 Å². The lowest BCUT2D eigenvalue weighted by Crippen LogP contribution is -2.34. The van der Waals surface area contributed by atoms with Crippen LogP contribution in [0.1, 0.15) is 26.3 Å². The van der Waals surface area contributed by atoms with Gasteiger partial charge in [0.1, 0.15) is 11.4 Å². The van der Waals surface area contributed by atoms with E-state index in [1.807, 2.05) is 39.8 Å². The Morgan fingerprint density at radius 1 is 1.22 bits per heavy atom. The van der Waals surface area contributed by atoms with E-state index in [0.29, 0.717) is 0 Å². The lowest BCUT2D eigenvalue weighted by atomic mass is 10.2. The maximum Gasteiger partial charge on any atom is 0.414 e. The van der Waals surface area contributed by atoms with E-state index in [1.165, 1.54) is 4.90 Å². The van der Waals surface area contributed by atoms with Crippen LogP contribution in [0.5, 0.6) is 5.75 Å². The summed E-state index contributed by atoms with van der Waals surface area (Å²) in [5.74, 6) is 0.723. The maximum absolute atomic E-state index is 11.9. The highest BCUT2D eigenvalue weighted by Crippen LogP contribution is 2.24. The molecule has 4 nitrogen and oxygen atoms in total. The van der Waals surface area contributed by atoms with Gasteiger partial charge < -0.3 is 9.47 Å². The van der Waals surface area contributed by atoms with E-state index in [0.717, 1.165) is 17.0 Å². The fourth-order valence-electron chi connectivity index (χ4n) is 1.48. The highest BCUT2D eigenvalue weighted by atomic mass is 16.6. The first-order chi connectivity index (χ1) is 8.23. The van der Waals surface area contributed by atoms with Gasteiger partial charge in [0, 0.05) is 13.1 Å². The molecule has 0 unspecified atom stereocenters. The van der Waals surface area contributed by atoms with Crippen LogP contribution in [0.2, 0.25) is 0 Å². The van der Waals surface area contributed by atoms with E-state index in [9.17, 15) is 4.79 Å². The topological polar surface area (TPSA) is 38.8 Å². The van der Waals surface area contributed by atoms with E-state index in [-0.39, 0.29) is 6.09 Å². The third-order valence-corrected chi connectivity index (χ3v) is 2.33. The summed E-state index contributed by atoms with van der Waals surface area (Å²) < 4.78 is 10.5. The van der Waals surface area contributed by atoms with E-state index < -0.39 is 5.60 Å². The van der Waals surface area contributed by atoms with Crippen LogP contribution in [0.4, 0.5) is 10.5 Å². The molecule has 0 aliphatic heterocycles. The normalized spacial score (nSPS) is 11.0. The molecule has 18 heavy (non-hydrogen) atoms. The van der Waals surface area contributed by atoms with Crippen LogP contribution in [-0.2, 0) is 4.74 Å². The standard InChI is InChI=1S/C14H21NO3/c1-10-7-11(9-12(8-10)17-6)15(5)13(16)18-14(2,3)4/h7-9H,1-6H3. The molecular weight excluding hydrogens is 230 g/mol. The summed E-state index contributed by atoms with van der Waals surface area (Å²) in [6.45, 7) is 7.48. The van der Waals surface area contributed by atoms with Gasteiger partial charge in [-0.1, -0.05) is 0 Å². The number of methoxy groups -OCH3 is 1. The summed E-state index contributed by atoms with van der Waals surface area (Å²) in [6.07, 6.45) is -0.379. The molecule has 0 radical (unpaired) electrons. The molecule has 1 rings (SSSR count). The Kier molecular flexibility index (Phi) is 4.22. The molecule has 0 N–H and O–H groups in total. The third kappa shape index (κ3) is 3.95. The highest BCUT2D eigenvalue weighted by Gasteiger charge is 2.20. The van der Waals surface area contributed by atoms with Crippen molar-refractivity contribution in [3.8, 4) is 5.75 Å². The number of carbonyl (C=O) groups is 1. The third-order valence-electron chi connectivity index (χ3n) is 2.33. The molecule has 0 spiro atoms. The summed E-state index contributed by atoms with van der Waals surface area (Å²) in [5, 5.41) is 0. The summed E-state index contributed by atoms with van der Waals surface area (Å²) >= 11 is 0. The van der Waals surface area contributed by atoms with Crippen LogP contribution in [0, 0.1) is 6.92 Å². The molecule has 0 aliphatic carbocycles. The number of rotatable bonds is 2. The van der Waals surface area contributed by atoms with Gasteiger partial charge >= 0.3 is 6.09 Å². The van der Waals surface area contributed by atoms with E-state index in [2.05, 4.69) is 0 Å². The number of hydrogen-bond donors (Lipinski definition) is 0. The molecular formula is C14H21NO3. The minimum Gasteiger partial charge on any atom is -0.497 e. The van der Waals surface area contributed by atoms with Gasteiger partial charge in [0.25, 0.3) is 0 Å². The van der Waals surface area contributed by atoms with Crippen LogP contribution in [-0.4, -0.2) is 25.9 Å². The van der Waals surface area contributed by atoms with Crippen molar-refractivity contribution >= 4 is 11.8 Å². The average Bonchev–Trinajstić information content (AvgIpc) is 2.24. The van der Waals surface area contributed by atoms with Crippen LogP contribution in [0.3, 0.4) is 0 Å². The minimum atomic E-state index is -0.501. The number of ether oxygens (including phenoxy) is 2. The van der Waals surface area contributed by atoms with Crippen molar-refractivity contribution in [3.63, 3.8) is 0 Å². The largest absolute Gasteiger partial charge is 0.497 e. The van der Waals surface area contributed by atoms with Crippen molar-refractivity contribution < 1.29 is 14.3 Å². The quantitative estimate of drug-likeness (QED) is 0.808. The minimum absolute atomic E-state index is 0.379. The van der Waals surface area contributed by atoms with Gasteiger partial charge in [-0.2, -0.15) is 0 Å². The maximum atomic E-state index is 11.9. The first-order valence-electron chi connectivity index (χ1n) is 5.85. The second-order valence-corrected chi connectivity index (χ2v) is 5.25. The molecule has 0 heterocycles. The number of benzene rings is 1. The summed E-state index contributed by atoms with van der Waals surface area (Å²) in [4.78, 5) is 13.4. The van der Waals surface area contributed by atoms with Gasteiger partial charge in [-0.15, -0.1) is 0 Å². The van der Waals surface area contributed by atoms with Crippen molar-refractivity contribution in [1.82, 2.24) is 0 Å². The molecule has 0 saturated heterocycles. The fourth-order valence-corrected chi connectivity index (χ4v) is 1.48. The van der Waals surface area contributed by atoms with Crippen molar-refractivity contribution in [2.45, 2.75) is 33.3 Å². The molecule has 0 aliphatic rings. The number of nitrogens with zero attached hydrogens (tertiary/aromatic N) is 1. The Balaban J connectivity index is 2.93. The zero-order valence-electron chi connectivity index (χ0n) is 11.9. The van der Waals surface area contributed by atoms with Crippen molar-refractivity contribution in [2.75, 3.05) is 19.1 Å². The summed E-state index contributed by atoms with van der Waals surface area (Å²) in [6, 6.07) is 5.62. The Labute approximate surface area is 108 Å². The molecule has 1 aromatic rings. The lowest BCUT2D eigenvalue weighted by Gasteiger charge is -2.25. The van der Waals surface area contributed by atoms with Crippen LogP contribution >= 0.6 is 0 Å². The van der Waals surface area contributed by atoms with Crippen LogP contribution in [0.15, 0.2) is 18.2 Å². The Morgan fingerprint density at radius 2 is 1.83 bits per heavy atom. The van der Waals surface area contributed by atoms with Gasteiger partial charge in [0.15, 0.2) is 0 Å². The second kappa shape index (κ2) is 5.29. The predicted molar refractivity (Wildman–Crippen MR) is 72.4 cm³/mol. The molecule has 0 fully saturated rings. The molecule has 0 saturated carbocycles. The first kappa shape index (κ1) is 14.4. The summed E-state index contributed by atoms with van der Waals surface area (Å²) in [5.41, 5.74) is 1.28. The van der Waals surface area contributed by atoms with Gasteiger partial charge in [-0.3, -0.25) is 4.90 Å². The molecule has 1 aromatic carbocycles. The predicted octanol–water partition coefficient (Wildman–Crippen LogP) is 3.37. The Morgan fingerprint density at radius 3 is 2.33 bits per heavy atom. The molecule has 1 amide bonds. The second-order valence-electron chi connectivity index (χ2n) is 5.25. The van der Waals surface area contributed by atoms with Gasteiger partial charge in [-0.25, -0.2) is 4.79 Å². The molecule has 0 aromatic heterocycles. The van der Waals surface area contributed by atoms with Gasteiger partial charge in [0.05, 0.1) is 12.8 Å². The zero-order chi connectivity index (χ0) is 13.9. The van der Waals surface area contributed by atoms with E-state index >= 15 is 0 Å². The van der Waals surface area contributed by atoms with E-state index in [1.54, 1.807) is 20.2 Å². The van der Waals surface area contributed by atoms with Crippen molar-refractivity contribution in [2.24, 2.45) is 0 Å². The molecule has 0 bridgehead atoms. The van der Waals surface area contributed by atoms with Crippen molar-refractivity contribution in [3.05, 3.63) is 23.8 Å². The molecule has 100 valence electrons. The van der Waals surface area contributed by atoms with Crippen LogP contribution in [0.25, 0.3) is 0 Å². The monoisotopic (exact) mass is 251 g/mol. The molecule has 0 atom stereocenters. The Hall–Kier alpha value is -1.71.